The number of aromatic nitrogens is 2. The Hall–Kier alpha value is -9.26. The Morgan fingerprint density at radius 1 is 0.795 bits per heavy atom. The number of amides is 10. The summed E-state index contributed by atoms with van der Waals surface area (Å²) < 4.78 is 5.82. The van der Waals surface area contributed by atoms with Crippen LogP contribution in [0, 0.1) is 5.92 Å². The first-order valence-electron chi connectivity index (χ1n) is 28.8. The Kier molecular flexibility index (Phi) is 20.3. The average Bonchev–Trinajstić information content (AvgIpc) is 2.30. The molecule has 0 saturated carbocycles. The molecule has 0 aliphatic carbocycles. The van der Waals surface area contributed by atoms with Gasteiger partial charge in [0.1, 0.15) is 66.2 Å². The number of aromatic amines is 2. The number of carboxylic acid groups (broad SMARTS) is 1. The lowest BCUT2D eigenvalue weighted by atomic mass is 9.84. The van der Waals surface area contributed by atoms with Crippen molar-refractivity contribution < 1.29 is 82.7 Å². The Labute approximate surface area is 502 Å². The van der Waals surface area contributed by atoms with Crippen LogP contribution in [0.5, 0.6) is 0 Å². The van der Waals surface area contributed by atoms with Crippen LogP contribution in [0.3, 0.4) is 0 Å². The minimum absolute atomic E-state index is 0.0479. The average molecular weight is 1220 g/mol. The predicted molar refractivity (Wildman–Crippen MR) is 310 cm³/mol. The molecule has 472 valence electrons. The number of H-pyrrole nitrogens is 2. The molecular weight excluding hydrogens is 1150 g/mol. The number of carbonyl (C=O) groups excluding carboxylic acids is 11. The van der Waals surface area contributed by atoms with Crippen LogP contribution in [0.1, 0.15) is 83.8 Å². The maximum Gasteiger partial charge on any atom is 0.329 e. The Bertz CT molecular complexity index is 3420. The van der Waals surface area contributed by atoms with Gasteiger partial charge in [-0.15, -0.1) is 0 Å². The van der Waals surface area contributed by atoms with Crippen LogP contribution < -0.4 is 48.3 Å². The molecule has 2 aromatic carbocycles. The second-order valence-electron chi connectivity index (χ2n) is 22.6. The number of piperidine rings is 1. The van der Waals surface area contributed by atoms with E-state index < -0.39 is 181 Å². The first kappa shape index (κ1) is 64.7. The molecule has 15 atom stereocenters. The molecule has 16 N–H and O–H groups in total. The second kappa shape index (κ2) is 27.6. The molecule has 30 nitrogen and oxygen atoms in total. The van der Waals surface area contributed by atoms with Gasteiger partial charge in [0.25, 0.3) is 5.91 Å². The molecule has 0 radical (unpaired) electrons. The number of hydrogen-bond donors (Lipinski definition) is 15. The normalized spacial score (nSPS) is 28.4. The molecule has 4 aliphatic heterocycles. The number of carbonyl (C=O) groups is 12. The van der Waals surface area contributed by atoms with Crippen molar-refractivity contribution in [3.8, 4) is 0 Å². The maximum atomic E-state index is 15.2. The lowest BCUT2D eigenvalue weighted by Crippen LogP contribution is -2.68. The molecule has 8 rings (SSSR count). The lowest BCUT2D eigenvalue weighted by molar-refractivity contribution is -0.167. The molecule has 10 amide bonds. The maximum absolute atomic E-state index is 15.2. The summed E-state index contributed by atoms with van der Waals surface area (Å²) >= 11 is 0. The predicted octanol–water partition coefficient (Wildman–Crippen LogP) is -3.56. The zero-order valence-corrected chi connectivity index (χ0v) is 48.7. The van der Waals surface area contributed by atoms with Crippen molar-refractivity contribution in [3.63, 3.8) is 0 Å². The molecule has 2 aromatic heterocycles. The zero-order chi connectivity index (χ0) is 64.0. The van der Waals surface area contributed by atoms with E-state index in [9.17, 15) is 68.4 Å². The van der Waals surface area contributed by atoms with Crippen LogP contribution in [0.4, 0.5) is 0 Å². The monoisotopic (exact) mass is 1220 g/mol. The van der Waals surface area contributed by atoms with E-state index in [4.69, 9.17) is 10.5 Å². The number of carboxylic acids is 1. The molecule has 4 fully saturated rings. The summed E-state index contributed by atoms with van der Waals surface area (Å²) in [6.45, 7) is 4.88. The van der Waals surface area contributed by atoms with Crippen molar-refractivity contribution >= 4 is 98.9 Å². The molecule has 88 heavy (non-hydrogen) atoms. The van der Waals surface area contributed by atoms with E-state index in [-0.39, 0.29) is 31.5 Å². The van der Waals surface area contributed by atoms with Crippen LogP contribution in [-0.2, 0) is 62.3 Å². The fourth-order valence-corrected chi connectivity index (χ4v) is 11.6. The number of ether oxygens (including phenoxy) is 1. The third-order valence-electron chi connectivity index (χ3n) is 16.6. The topological polar surface area (TPSA) is 455 Å². The van der Waals surface area contributed by atoms with E-state index in [0.29, 0.717) is 39.4 Å². The quantitative estimate of drug-likeness (QED) is 0.0510. The third-order valence-corrected chi connectivity index (χ3v) is 16.6. The number of aliphatic hydroxyl groups excluding tert-OH is 3. The molecule has 4 aliphatic rings. The standard InChI is InChI=1S/C58H73N13O17/c1-25(33-22-61-36-14-9-7-12-32(33)36)44-53(81)69-47-48(76)26(2)39-16-17-41(71(39)56(47)84)58(87)88-29(5)46(68-51(79)38(24-72)64-42(74)20-34(59)57(85)86)55(83)67-45(28(4)73)54(82)63-27(3)49(77)62-23-43(75)70-18-10-15-40(70)52(80)65-37(50(78)66-44)19-30-21-60-35-13-8-6-11-31(30)35/h6-9,11-14,19,21-22,25-29,34,38-41,44-48,60-61,72-73,76H,10,15-18,20,23-24,59H2,1-5H3,(H,62,77)(H,63,82)(H,64,74)(H,65,80)(H,66,78)(H,67,83)(H,68,79)(H,69,81)(H,85,86)/b37-19+. The summed E-state index contributed by atoms with van der Waals surface area (Å²) in [4.78, 5) is 176. The number of esters is 1. The van der Waals surface area contributed by atoms with Gasteiger partial charge in [-0.1, -0.05) is 50.2 Å². The molecule has 4 aromatic rings. The second-order valence-corrected chi connectivity index (χ2v) is 22.6. The van der Waals surface area contributed by atoms with Crippen molar-refractivity contribution in [2.75, 3.05) is 19.7 Å². The fraction of sp³-hybridized carbons (Fsp3) is 0.483. The highest BCUT2D eigenvalue weighted by atomic mass is 16.5. The van der Waals surface area contributed by atoms with E-state index in [1.807, 2.05) is 0 Å². The third kappa shape index (κ3) is 14.1. The number of aliphatic carboxylic acids is 1. The van der Waals surface area contributed by atoms with Gasteiger partial charge in [-0.3, -0.25) is 52.7 Å². The number of fused-ring (bicyclic) bond motifs is 4. The number of benzene rings is 2. The van der Waals surface area contributed by atoms with Crippen molar-refractivity contribution in [2.24, 2.45) is 11.7 Å². The van der Waals surface area contributed by atoms with E-state index in [2.05, 4.69) is 52.5 Å². The number of nitrogens with two attached hydrogens (primary N) is 1. The summed E-state index contributed by atoms with van der Waals surface area (Å²) in [5, 5.41) is 63.0. The van der Waals surface area contributed by atoms with Crippen LogP contribution in [0.2, 0.25) is 0 Å². The van der Waals surface area contributed by atoms with Gasteiger partial charge in [-0.2, -0.15) is 0 Å². The number of cyclic esters (lactones) is 1. The van der Waals surface area contributed by atoms with Gasteiger partial charge in [-0.05, 0) is 70.2 Å². The summed E-state index contributed by atoms with van der Waals surface area (Å²) in [7, 11) is 0. The van der Waals surface area contributed by atoms with Gasteiger partial charge in [0.15, 0.2) is 0 Å². The molecule has 4 saturated heterocycles. The highest BCUT2D eigenvalue weighted by molar-refractivity contribution is 6.07. The van der Waals surface area contributed by atoms with Gasteiger partial charge in [0.05, 0.1) is 31.8 Å². The summed E-state index contributed by atoms with van der Waals surface area (Å²) in [6, 6.07) is -1.72. The zero-order valence-electron chi connectivity index (χ0n) is 48.7. The number of rotatable bonds is 11. The van der Waals surface area contributed by atoms with E-state index in [0.717, 1.165) is 18.7 Å². The Morgan fingerprint density at radius 2 is 1.45 bits per heavy atom. The summed E-state index contributed by atoms with van der Waals surface area (Å²) in [6.07, 6.45) is -0.864. The van der Waals surface area contributed by atoms with Crippen LogP contribution >= 0.6 is 0 Å². The summed E-state index contributed by atoms with van der Waals surface area (Å²) in [5.74, 6) is -14.8. The Morgan fingerprint density at radius 3 is 2.14 bits per heavy atom. The largest absolute Gasteiger partial charge is 0.480 e. The van der Waals surface area contributed by atoms with Crippen LogP contribution in [-0.4, -0.2) is 210 Å². The lowest BCUT2D eigenvalue weighted by Gasteiger charge is -2.44. The minimum atomic E-state index is -2.07. The Balaban J connectivity index is 1.17. The minimum Gasteiger partial charge on any atom is -0.480 e. The van der Waals surface area contributed by atoms with Crippen molar-refractivity contribution in [1.29, 1.82) is 0 Å². The summed E-state index contributed by atoms with van der Waals surface area (Å²) in [5.41, 5.74) is 7.44. The number of hydrogen-bond acceptors (Lipinski definition) is 17. The number of nitrogens with zero attached hydrogens (tertiary/aromatic N) is 2. The molecule has 0 spiro atoms. The highest BCUT2D eigenvalue weighted by Gasteiger charge is 2.55. The van der Waals surface area contributed by atoms with E-state index >= 15 is 9.59 Å². The van der Waals surface area contributed by atoms with Crippen LogP contribution in [0.25, 0.3) is 27.9 Å². The van der Waals surface area contributed by atoms with Gasteiger partial charge in [0.2, 0.25) is 53.2 Å². The van der Waals surface area contributed by atoms with Gasteiger partial charge in [-0.25, -0.2) is 4.79 Å². The van der Waals surface area contributed by atoms with Gasteiger partial charge in [0, 0.05) is 64.2 Å². The number of nitrogens with one attached hydrogen (secondary N) is 10. The van der Waals surface area contributed by atoms with Crippen molar-refractivity contribution in [2.45, 2.75) is 151 Å². The number of aliphatic hydroxyl groups is 3. The first-order valence-corrected chi connectivity index (χ1v) is 28.8. The molecule has 15 unspecified atom stereocenters. The molecular formula is C58H73N13O17. The van der Waals surface area contributed by atoms with Gasteiger partial charge < -0.3 is 93.2 Å². The van der Waals surface area contributed by atoms with Crippen molar-refractivity contribution in [1.82, 2.24) is 62.3 Å². The fourth-order valence-electron chi connectivity index (χ4n) is 11.6. The molecule has 2 bridgehead atoms. The first-order chi connectivity index (χ1) is 41.8. The number of para-hydroxylation sites is 2. The highest BCUT2D eigenvalue weighted by Crippen LogP contribution is 2.38. The van der Waals surface area contributed by atoms with Gasteiger partial charge >= 0.3 is 11.9 Å². The van der Waals surface area contributed by atoms with Crippen molar-refractivity contribution in [3.05, 3.63) is 77.7 Å². The van der Waals surface area contributed by atoms with E-state index in [1.165, 1.54) is 17.9 Å². The SMILES string of the molecule is CC1NC(=O)C(C(C)O)NC(=O)C(NC(=O)C(CO)NC(=O)CC(N)C(=O)O)C(C)OC(=O)C2CCC3C(C)C(O)C(NC(=O)C(C(C)c4c[nH]c5ccccc45)NC(=O)/C(=C\c4c[nH]c5ccccc45)NC(=O)C4CCCN4C(=O)CNC1=O)C(=O)N23. The molecule has 6 heterocycles. The smallest absolute Gasteiger partial charge is 0.329 e. The van der Waals surface area contributed by atoms with E-state index in [1.54, 1.807) is 74.8 Å². The van der Waals surface area contributed by atoms with Crippen LogP contribution in [0.15, 0.2) is 66.6 Å². The molecule has 30 heteroatoms.